The summed E-state index contributed by atoms with van der Waals surface area (Å²) in [4.78, 5) is 25.3. The molecule has 19 heavy (non-hydrogen) atoms. The molecule has 3 aromatic rings. The van der Waals surface area contributed by atoms with Gasteiger partial charge in [0.15, 0.2) is 0 Å². The number of pyridine rings is 1. The number of benzene rings is 1. The second-order valence-electron chi connectivity index (χ2n) is 4.08. The molecule has 0 bridgehead atoms. The lowest BCUT2D eigenvalue weighted by molar-refractivity contribution is 0.0697. The van der Waals surface area contributed by atoms with E-state index in [4.69, 9.17) is 5.11 Å². The highest BCUT2D eigenvalue weighted by atomic mass is 32.1. The predicted octanol–water partition coefficient (Wildman–Crippen LogP) is 2.95. The van der Waals surface area contributed by atoms with Crippen molar-refractivity contribution in [3.8, 4) is 11.1 Å². The maximum absolute atomic E-state index is 11.7. The van der Waals surface area contributed by atoms with E-state index < -0.39 is 5.97 Å². The van der Waals surface area contributed by atoms with Crippen LogP contribution < -0.4 is 5.56 Å². The summed E-state index contributed by atoms with van der Waals surface area (Å²) in [5, 5.41) is 11.7. The van der Waals surface area contributed by atoms with Crippen LogP contribution in [0, 0.1) is 0 Å². The molecule has 0 atom stereocenters. The van der Waals surface area contributed by atoms with Crippen molar-refractivity contribution in [2.45, 2.75) is 0 Å². The Balaban J connectivity index is 2.25. The third kappa shape index (κ3) is 1.94. The topological polar surface area (TPSA) is 70.2 Å². The standard InChI is InChI=1S/C14H9NO3S/c16-13-12-10(4-5-15-13)11(7-19-12)8-2-1-3-9(6-8)14(17)18/h1-7H,(H,15,16)(H,17,18). The summed E-state index contributed by atoms with van der Waals surface area (Å²) in [6, 6.07) is 8.54. The highest BCUT2D eigenvalue weighted by Gasteiger charge is 2.10. The Kier molecular flexibility index (Phi) is 2.68. The van der Waals surface area contributed by atoms with Crippen molar-refractivity contribution in [2.75, 3.05) is 0 Å². The number of fused-ring (bicyclic) bond motifs is 1. The van der Waals surface area contributed by atoms with Crippen molar-refractivity contribution >= 4 is 27.4 Å². The first kappa shape index (κ1) is 11.7. The maximum Gasteiger partial charge on any atom is 0.335 e. The highest BCUT2D eigenvalue weighted by Crippen LogP contribution is 2.32. The van der Waals surface area contributed by atoms with Crippen molar-refractivity contribution in [2.24, 2.45) is 0 Å². The first-order valence-electron chi connectivity index (χ1n) is 5.59. The van der Waals surface area contributed by atoms with Crippen LogP contribution in [0.15, 0.2) is 46.7 Å². The molecule has 0 unspecified atom stereocenters. The minimum Gasteiger partial charge on any atom is -0.478 e. The first-order chi connectivity index (χ1) is 9.16. The van der Waals surface area contributed by atoms with E-state index in [1.54, 1.807) is 24.4 Å². The van der Waals surface area contributed by atoms with E-state index in [1.807, 2.05) is 17.5 Å². The molecule has 5 heteroatoms. The second kappa shape index (κ2) is 4.37. The molecule has 3 rings (SSSR count). The van der Waals surface area contributed by atoms with Crippen molar-refractivity contribution < 1.29 is 9.90 Å². The minimum atomic E-state index is -0.959. The third-order valence-electron chi connectivity index (χ3n) is 2.92. The molecule has 0 radical (unpaired) electrons. The number of nitrogens with one attached hydrogen (secondary N) is 1. The van der Waals surface area contributed by atoms with E-state index in [-0.39, 0.29) is 11.1 Å². The molecular weight excluding hydrogens is 262 g/mol. The van der Waals surface area contributed by atoms with Gasteiger partial charge in [0.25, 0.3) is 5.56 Å². The van der Waals surface area contributed by atoms with Crippen molar-refractivity contribution in [1.29, 1.82) is 0 Å². The zero-order chi connectivity index (χ0) is 13.4. The molecule has 0 aliphatic rings. The Labute approximate surface area is 112 Å². The number of aromatic carboxylic acids is 1. The van der Waals surface area contributed by atoms with Crippen molar-refractivity contribution in [3.05, 3.63) is 57.8 Å². The normalized spacial score (nSPS) is 10.7. The van der Waals surface area contributed by atoms with Crippen LogP contribution in [0.4, 0.5) is 0 Å². The largest absolute Gasteiger partial charge is 0.478 e. The molecule has 0 aliphatic heterocycles. The third-order valence-corrected chi connectivity index (χ3v) is 3.92. The van der Waals surface area contributed by atoms with E-state index in [9.17, 15) is 9.59 Å². The Morgan fingerprint density at radius 3 is 2.89 bits per heavy atom. The smallest absolute Gasteiger partial charge is 0.335 e. The average molecular weight is 271 g/mol. The average Bonchev–Trinajstić information content (AvgIpc) is 2.84. The van der Waals surface area contributed by atoms with Crippen LogP contribution in [0.1, 0.15) is 10.4 Å². The molecule has 94 valence electrons. The summed E-state index contributed by atoms with van der Waals surface area (Å²) in [6.45, 7) is 0. The van der Waals surface area contributed by atoms with E-state index in [1.165, 1.54) is 11.3 Å². The molecule has 0 aliphatic carbocycles. The number of H-pyrrole nitrogens is 1. The van der Waals surface area contributed by atoms with Crippen LogP contribution in [-0.4, -0.2) is 16.1 Å². The zero-order valence-corrected chi connectivity index (χ0v) is 10.5. The molecule has 0 amide bonds. The SMILES string of the molecule is O=C(O)c1cccc(-c2csc3c(=O)[nH]ccc23)c1. The van der Waals surface area contributed by atoms with Gasteiger partial charge in [-0.15, -0.1) is 11.3 Å². The molecule has 4 nitrogen and oxygen atoms in total. The Morgan fingerprint density at radius 2 is 2.11 bits per heavy atom. The van der Waals surface area contributed by atoms with Gasteiger partial charge in [0.2, 0.25) is 0 Å². The number of hydrogen-bond acceptors (Lipinski definition) is 3. The number of aromatic amines is 1. The molecule has 2 aromatic heterocycles. The van der Waals surface area contributed by atoms with Crippen LogP contribution in [0.2, 0.25) is 0 Å². The lowest BCUT2D eigenvalue weighted by Gasteiger charge is -2.01. The van der Waals surface area contributed by atoms with E-state index in [0.717, 1.165) is 16.5 Å². The van der Waals surface area contributed by atoms with Crippen molar-refractivity contribution in [3.63, 3.8) is 0 Å². The van der Waals surface area contributed by atoms with Gasteiger partial charge in [-0.3, -0.25) is 4.79 Å². The molecule has 2 heterocycles. The quantitative estimate of drug-likeness (QED) is 0.752. The number of carbonyl (C=O) groups is 1. The van der Waals surface area contributed by atoms with E-state index in [0.29, 0.717) is 4.70 Å². The monoisotopic (exact) mass is 271 g/mol. The van der Waals surface area contributed by atoms with Gasteiger partial charge >= 0.3 is 5.97 Å². The molecule has 0 spiro atoms. The molecule has 0 fully saturated rings. The second-order valence-corrected chi connectivity index (χ2v) is 4.96. The van der Waals surface area contributed by atoms with E-state index in [2.05, 4.69) is 4.98 Å². The van der Waals surface area contributed by atoms with Crippen molar-refractivity contribution in [1.82, 2.24) is 4.98 Å². The van der Waals surface area contributed by atoms with E-state index >= 15 is 0 Å². The molecule has 2 N–H and O–H groups in total. The summed E-state index contributed by atoms with van der Waals surface area (Å²) in [5.74, 6) is -0.959. The molecule has 0 saturated heterocycles. The fourth-order valence-corrected chi connectivity index (χ4v) is 2.99. The number of thiophene rings is 1. The number of hydrogen-bond donors (Lipinski definition) is 2. The predicted molar refractivity (Wildman–Crippen MR) is 74.8 cm³/mol. The molecule has 0 saturated carbocycles. The number of carboxylic acids is 1. The summed E-state index contributed by atoms with van der Waals surface area (Å²) in [6.07, 6.45) is 1.60. The number of aromatic nitrogens is 1. The summed E-state index contributed by atoms with van der Waals surface area (Å²) >= 11 is 1.36. The Bertz CT molecular complexity index is 832. The lowest BCUT2D eigenvalue weighted by Crippen LogP contribution is -2.01. The molecular formula is C14H9NO3S. The Morgan fingerprint density at radius 1 is 1.26 bits per heavy atom. The highest BCUT2D eigenvalue weighted by molar-refractivity contribution is 7.17. The van der Waals surface area contributed by atoms with Gasteiger partial charge in [-0.2, -0.15) is 0 Å². The van der Waals surface area contributed by atoms with Gasteiger partial charge < -0.3 is 10.1 Å². The van der Waals surface area contributed by atoms with Gasteiger partial charge in [-0.25, -0.2) is 4.79 Å². The summed E-state index contributed by atoms with van der Waals surface area (Å²) in [5.41, 5.74) is 1.80. The number of rotatable bonds is 2. The van der Waals surface area contributed by atoms with Crippen LogP contribution in [0.25, 0.3) is 21.2 Å². The van der Waals surface area contributed by atoms with Crippen LogP contribution >= 0.6 is 11.3 Å². The summed E-state index contributed by atoms with van der Waals surface area (Å²) in [7, 11) is 0. The van der Waals surface area contributed by atoms with Gasteiger partial charge in [0, 0.05) is 22.5 Å². The van der Waals surface area contributed by atoms with Gasteiger partial charge in [0.1, 0.15) is 4.70 Å². The fraction of sp³-hybridized carbons (Fsp3) is 0. The lowest BCUT2D eigenvalue weighted by atomic mass is 10.0. The van der Waals surface area contributed by atoms with Gasteiger partial charge in [0.05, 0.1) is 5.56 Å². The maximum atomic E-state index is 11.7. The van der Waals surface area contributed by atoms with Gasteiger partial charge in [-0.1, -0.05) is 12.1 Å². The van der Waals surface area contributed by atoms with Crippen LogP contribution in [0.3, 0.4) is 0 Å². The minimum absolute atomic E-state index is 0.122. The molecule has 1 aromatic carbocycles. The van der Waals surface area contributed by atoms with Crippen LogP contribution in [0.5, 0.6) is 0 Å². The Hall–Kier alpha value is -2.40. The first-order valence-corrected chi connectivity index (χ1v) is 6.47. The van der Waals surface area contributed by atoms with Crippen LogP contribution in [-0.2, 0) is 0 Å². The fourth-order valence-electron chi connectivity index (χ4n) is 2.02. The number of carboxylic acid groups (broad SMARTS) is 1. The summed E-state index contributed by atoms with van der Waals surface area (Å²) < 4.78 is 0.651. The van der Waals surface area contributed by atoms with Gasteiger partial charge in [-0.05, 0) is 23.8 Å². The zero-order valence-electron chi connectivity index (χ0n) is 9.71.